The molecule has 1 heterocycles. The van der Waals surface area contributed by atoms with Crippen LogP contribution >= 0.6 is 0 Å². The van der Waals surface area contributed by atoms with Crippen molar-refractivity contribution in [3.05, 3.63) is 29.8 Å². The van der Waals surface area contributed by atoms with Crippen molar-refractivity contribution in [1.29, 1.82) is 5.26 Å². The molecule has 2 rings (SSSR count). The van der Waals surface area contributed by atoms with Crippen LogP contribution in [0, 0.1) is 11.3 Å². The Hall–Kier alpha value is -1.54. The van der Waals surface area contributed by atoms with E-state index in [2.05, 4.69) is 0 Å². The molecule has 1 aliphatic heterocycles. The predicted octanol–water partition coefficient (Wildman–Crippen LogP) is 2.46. The number of nitrogens with zero attached hydrogens (tertiary/aromatic N) is 2. The summed E-state index contributed by atoms with van der Waals surface area (Å²) < 4.78 is 26.6. The van der Waals surface area contributed by atoms with Crippen LogP contribution in [0.3, 0.4) is 0 Å². The molecule has 0 aromatic heterocycles. The van der Waals surface area contributed by atoms with Crippen molar-refractivity contribution in [3.8, 4) is 6.07 Å². The van der Waals surface area contributed by atoms with Crippen LogP contribution in [0.15, 0.2) is 24.3 Å². The van der Waals surface area contributed by atoms with Gasteiger partial charge in [-0.05, 0) is 37.3 Å². The van der Waals surface area contributed by atoms with Gasteiger partial charge in [0.15, 0.2) is 5.25 Å². The van der Waals surface area contributed by atoms with E-state index in [4.69, 9.17) is 5.26 Å². The zero-order valence-electron chi connectivity index (χ0n) is 11.0. The van der Waals surface area contributed by atoms with Crippen LogP contribution in [-0.4, -0.2) is 20.2 Å². The van der Waals surface area contributed by atoms with Crippen LogP contribution in [0.25, 0.3) is 0 Å². The fourth-order valence-electron chi connectivity index (χ4n) is 2.44. The number of fused-ring (bicyclic) bond motifs is 1. The Morgan fingerprint density at radius 3 is 2.79 bits per heavy atom. The molecule has 0 aliphatic carbocycles. The minimum atomic E-state index is -3.59. The summed E-state index contributed by atoms with van der Waals surface area (Å²) in [7, 11) is -3.59. The van der Waals surface area contributed by atoms with E-state index < -0.39 is 15.3 Å². The molecule has 0 amide bonds. The largest absolute Gasteiger partial charge is 0.269 e. The van der Waals surface area contributed by atoms with Crippen molar-refractivity contribution in [2.75, 3.05) is 10.8 Å². The Labute approximate surface area is 114 Å². The van der Waals surface area contributed by atoms with Gasteiger partial charge in [-0.1, -0.05) is 25.1 Å². The molecule has 19 heavy (non-hydrogen) atoms. The smallest absolute Gasteiger partial charge is 0.251 e. The highest BCUT2D eigenvalue weighted by Gasteiger charge is 2.32. The SMILES string of the molecule is CCC(C#N)S(=O)(=O)N1CCCCc2ccccc21. The lowest BCUT2D eigenvalue weighted by atomic mass is 10.1. The topological polar surface area (TPSA) is 61.2 Å². The molecule has 0 radical (unpaired) electrons. The first-order valence-electron chi connectivity index (χ1n) is 6.60. The second-order valence-electron chi connectivity index (χ2n) is 4.73. The van der Waals surface area contributed by atoms with Gasteiger partial charge in [-0.2, -0.15) is 5.26 Å². The number of nitriles is 1. The summed E-state index contributed by atoms with van der Waals surface area (Å²) in [5, 5.41) is 8.10. The third kappa shape index (κ3) is 2.59. The first kappa shape index (κ1) is 13.9. The van der Waals surface area contributed by atoms with Crippen molar-refractivity contribution in [2.24, 2.45) is 0 Å². The van der Waals surface area contributed by atoms with Crippen LogP contribution in [-0.2, 0) is 16.4 Å². The summed E-state index contributed by atoms with van der Waals surface area (Å²) >= 11 is 0. The highest BCUT2D eigenvalue weighted by Crippen LogP contribution is 2.30. The standard InChI is InChI=1S/C14H18N2O2S/c1-2-13(11-15)19(17,18)16-10-6-5-8-12-7-3-4-9-14(12)16/h3-4,7,9,13H,2,5-6,8,10H2,1H3. The normalized spacial score (nSPS) is 17.2. The van der Waals surface area contributed by atoms with Gasteiger partial charge in [0.2, 0.25) is 0 Å². The monoisotopic (exact) mass is 278 g/mol. The first-order valence-corrected chi connectivity index (χ1v) is 8.10. The van der Waals surface area contributed by atoms with E-state index in [0.717, 1.165) is 30.5 Å². The Morgan fingerprint density at radius 2 is 2.11 bits per heavy atom. The number of sulfonamides is 1. The van der Waals surface area contributed by atoms with Crippen LogP contribution in [0.2, 0.25) is 0 Å². The van der Waals surface area contributed by atoms with Crippen molar-refractivity contribution in [1.82, 2.24) is 0 Å². The van der Waals surface area contributed by atoms with Gasteiger partial charge < -0.3 is 0 Å². The summed E-state index contributed by atoms with van der Waals surface area (Å²) in [6.45, 7) is 2.20. The molecule has 0 spiro atoms. The number of hydrogen-bond acceptors (Lipinski definition) is 3. The lowest BCUT2D eigenvalue weighted by molar-refractivity contribution is 0.580. The van der Waals surface area contributed by atoms with Gasteiger partial charge in [-0.3, -0.25) is 4.31 Å². The predicted molar refractivity (Wildman–Crippen MR) is 75.3 cm³/mol. The van der Waals surface area contributed by atoms with Crippen LogP contribution in [0.4, 0.5) is 5.69 Å². The molecule has 1 aromatic carbocycles. The summed E-state index contributed by atoms with van der Waals surface area (Å²) in [6.07, 6.45) is 3.02. The van der Waals surface area contributed by atoms with E-state index in [0.29, 0.717) is 13.0 Å². The van der Waals surface area contributed by atoms with Gasteiger partial charge in [0.1, 0.15) is 0 Å². The van der Waals surface area contributed by atoms with E-state index in [1.165, 1.54) is 4.31 Å². The van der Waals surface area contributed by atoms with Gasteiger partial charge in [0, 0.05) is 6.54 Å². The van der Waals surface area contributed by atoms with Crippen molar-refractivity contribution >= 4 is 15.7 Å². The summed E-state index contributed by atoms with van der Waals surface area (Å²) in [6, 6.07) is 9.49. The number of rotatable bonds is 3. The summed E-state index contributed by atoms with van der Waals surface area (Å²) in [5.41, 5.74) is 1.80. The van der Waals surface area contributed by atoms with Gasteiger partial charge in [-0.25, -0.2) is 8.42 Å². The molecule has 1 unspecified atom stereocenters. The number of anilines is 1. The number of hydrogen-bond donors (Lipinski definition) is 0. The van der Waals surface area contributed by atoms with Gasteiger partial charge >= 0.3 is 0 Å². The fourth-order valence-corrected chi connectivity index (χ4v) is 4.14. The van der Waals surface area contributed by atoms with Crippen LogP contribution in [0.1, 0.15) is 31.7 Å². The van der Waals surface area contributed by atoms with E-state index in [1.807, 2.05) is 30.3 Å². The number of aryl methyl sites for hydroxylation is 1. The molecule has 0 fully saturated rings. The van der Waals surface area contributed by atoms with E-state index in [-0.39, 0.29) is 0 Å². The molecule has 1 aliphatic rings. The highest BCUT2D eigenvalue weighted by molar-refractivity contribution is 7.93. The summed E-state index contributed by atoms with van der Waals surface area (Å²) in [4.78, 5) is 0. The number of para-hydroxylation sites is 1. The Kier molecular flexibility index (Phi) is 4.11. The Morgan fingerprint density at radius 1 is 1.37 bits per heavy atom. The van der Waals surface area contributed by atoms with Crippen molar-refractivity contribution in [3.63, 3.8) is 0 Å². The molecule has 102 valence electrons. The van der Waals surface area contributed by atoms with Crippen molar-refractivity contribution < 1.29 is 8.42 Å². The second-order valence-corrected chi connectivity index (χ2v) is 6.77. The minimum Gasteiger partial charge on any atom is -0.269 e. The first-order chi connectivity index (χ1) is 9.11. The average molecular weight is 278 g/mol. The van der Waals surface area contributed by atoms with Crippen LogP contribution in [0.5, 0.6) is 0 Å². The Balaban J connectivity index is 2.48. The Bertz CT molecular complexity index is 590. The lowest BCUT2D eigenvalue weighted by Crippen LogP contribution is -2.38. The molecule has 0 saturated carbocycles. The molecule has 1 aromatic rings. The molecular weight excluding hydrogens is 260 g/mol. The zero-order valence-corrected chi connectivity index (χ0v) is 11.9. The van der Waals surface area contributed by atoms with E-state index >= 15 is 0 Å². The molecular formula is C14H18N2O2S. The van der Waals surface area contributed by atoms with Gasteiger partial charge in [-0.15, -0.1) is 0 Å². The number of benzene rings is 1. The second kappa shape index (κ2) is 5.62. The molecule has 0 bridgehead atoms. The van der Waals surface area contributed by atoms with Gasteiger partial charge in [0.05, 0.1) is 11.8 Å². The summed E-state index contributed by atoms with van der Waals surface area (Å²) in [5.74, 6) is 0. The maximum atomic E-state index is 12.6. The van der Waals surface area contributed by atoms with Crippen molar-refractivity contribution in [2.45, 2.75) is 37.9 Å². The van der Waals surface area contributed by atoms with E-state index in [1.54, 1.807) is 6.92 Å². The molecule has 0 saturated heterocycles. The maximum absolute atomic E-state index is 12.6. The zero-order chi connectivity index (χ0) is 13.9. The third-order valence-electron chi connectivity index (χ3n) is 3.50. The minimum absolute atomic E-state index is 0.317. The van der Waals surface area contributed by atoms with E-state index in [9.17, 15) is 8.42 Å². The average Bonchev–Trinajstić information content (AvgIpc) is 2.62. The third-order valence-corrected chi connectivity index (χ3v) is 5.65. The maximum Gasteiger partial charge on any atom is 0.251 e. The van der Waals surface area contributed by atoms with Gasteiger partial charge in [0.25, 0.3) is 10.0 Å². The van der Waals surface area contributed by atoms with Crippen LogP contribution < -0.4 is 4.31 Å². The molecule has 1 atom stereocenters. The molecule has 0 N–H and O–H groups in total. The highest BCUT2D eigenvalue weighted by atomic mass is 32.2. The fraction of sp³-hybridized carbons (Fsp3) is 0.500. The molecule has 4 nitrogen and oxygen atoms in total. The lowest BCUT2D eigenvalue weighted by Gasteiger charge is -2.26. The molecule has 5 heteroatoms. The quantitative estimate of drug-likeness (QED) is 0.853.